The molecule has 0 radical (unpaired) electrons. The van der Waals surface area contributed by atoms with Crippen molar-refractivity contribution < 1.29 is 237 Å². The molecular weight excluding hydrogens is 878 g/mol. The third-order valence-electron chi connectivity index (χ3n) is 17.2. The van der Waals surface area contributed by atoms with E-state index in [0.29, 0.717) is 25.7 Å². The van der Waals surface area contributed by atoms with E-state index in [1.807, 2.05) is 26.8 Å². The van der Waals surface area contributed by atoms with Crippen molar-refractivity contribution in [2.45, 2.75) is 174 Å². The molecule has 16 nitrogen and oxygen atoms in total. The van der Waals surface area contributed by atoms with Crippen molar-refractivity contribution in [2.24, 2.45) is 50.2 Å². The number of ether oxygens (including phenoxy) is 4. The molecule has 0 aromatic heterocycles. The first-order valence-corrected chi connectivity index (χ1v) is 20.7. The van der Waals surface area contributed by atoms with E-state index in [2.05, 4.69) is 27.7 Å². The van der Waals surface area contributed by atoms with Gasteiger partial charge in [0.05, 0.1) is 11.5 Å². The van der Waals surface area contributed by atoms with E-state index in [-0.39, 0.29) is 193 Å². The fourth-order valence-electron chi connectivity index (χ4n) is 13.4. The quantitative estimate of drug-likeness (QED) is 0.0872. The van der Waals surface area contributed by atoms with Crippen molar-refractivity contribution in [1.82, 2.24) is 0 Å². The van der Waals surface area contributed by atoms with Crippen LogP contribution in [-0.4, -0.2) is 132 Å². The summed E-state index contributed by atoms with van der Waals surface area (Å²) in [5, 5.41) is 83.0. The first-order valence-electron chi connectivity index (χ1n) is 20.7. The van der Waals surface area contributed by atoms with Crippen molar-refractivity contribution >= 4 is 23.7 Å². The van der Waals surface area contributed by atoms with Gasteiger partial charge < -0.3 is 64.1 Å². The van der Waals surface area contributed by atoms with Crippen LogP contribution in [0, 0.1) is 50.2 Å². The molecule has 6 fully saturated rings. The van der Waals surface area contributed by atoms with E-state index >= 15 is 0 Å². The molecule has 2 heterocycles. The van der Waals surface area contributed by atoms with Crippen LogP contribution < -0.4 is 154 Å². The minimum absolute atomic E-state index is 0. The van der Waals surface area contributed by atoms with Gasteiger partial charge in [-0.1, -0.05) is 47.1 Å². The van der Waals surface area contributed by atoms with Gasteiger partial charge in [-0.25, -0.2) is 9.59 Å². The molecule has 5 aliphatic carbocycles. The number of fused-ring (bicyclic) bond motifs is 7. The van der Waals surface area contributed by atoms with E-state index in [0.717, 1.165) is 37.7 Å². The first kappa shape index (κ1) is 56.0. The van der Waals surface area contributed by atoms with Crippen LogP contribution in [0.15, 0.2) is 11.6 Å². The molecule has 7 rings (SSSR count). The van der Waals surface area contributed by atoms with Gasteiger partial charge in [-0.2, -0.15) is 0 Å². The Morgan fingerprint density at radius 3 is 1.82 bits per heavy atom. The standard InChI is InChI=1S/C42H62O16.3K.3H/c1-37(2)21-8-11-42(7)31(20(43)16-18-19-17-39(4,36(53)54)13-12-38(19,3)14-15-41(18,42)6)40(21,5)10-9-22(37)55-35-30(26(47)25(46)29(57-35)33(51)52)58-34-27(48)23(44)24(45)28(56-34)32(49)50;;;;;;/h16,19,21-31,34-35,44-48H,8-15,17H2,1-7H3,(H,49,50)(H,51,52)(H,53,54);;;;;;/q;3*+1;3*-1/t19-,21-,22-,23-,24-,25-,26-,27+,28-,29-,30+,31+,34-,35-,38+,39-,40-,41+,42+;;;;;;/m0....../s1. The molecule has 0 aromatic carbocycles. The van der Waals surface area contributed by atoms with Crippen molar-refractivity contribution in [3.8, 4) is 0 Å². The summed E-state index contributed by atoms with van der Waals surface area (Å²) in [6.07, 6.45) is -12.2. The van der Waals surface area contributed by atoms with Gasteiger partial charge >= 0.3 is 172 Å². The van der Waals surface area contributed by atoms with Gasteiger partial charge in [-0.05, 0) is 110 Å². The molecule has 8 N–H and O–H groups in total. The Labute approximate surface area is 489 Å². The Morgan fingerprint density at radius 1 is 0.689 bits per heavy atom. The van der Waals surface area contributed by atoms with Crippen LogP contribution >= 0.6 is 0 Å². The van der Waals surface area contributed by atoms with Crippen LogP contribution in [0.5, 0.6) is 0 Å². The fourth-order valence-corrected chi connectivity index (χ4v) is 13.4. The summed E-state index contributed by atoms with van der Waals surface area (Å²) in [4.78, 5) is 51.3. The van der Waals surface area contributed by atoms with Gasteiger partial charge in [0.25, 0.3) is 0 Å². The molecule has 19 atom stereocenters. The Hall–Kier alpha value is 2.37. The van der Waals surface area contributed by atoms with Gasteiger partial charge in [0.2, 0.25) is 0 Å². The van der Waals surface area contributed by atoms with Crippen molar-refractivity contribution in [1.29, 1.82) is 0 Å². The summed E-state index contributed by atoms with van der Waals surface area (Å²) in [5.41, 5.74) is -1.81. The summed E-state index contributed by atoms with van der Waals surface area (Å²) in [5.74, 6) is -4.47. The van der Waals surface area contributed by atoms with Crippen molar-refractivity contribution in [3.63, 3.8) is 0 Å². The van der Waals surface area contributed by atoms with Crippen LogP contribution in [0.1, 0.15) is 111 Å². The van der Waals surface area contributed by atoms with E-state index in [1.54, 1.807) is 0 Å². The number of carboxylic acid groups (broad SMARTS) is 3. The minimum atomic E-state index is -2.05. The van der Waals surface area contributed by atoms with E-state index < -0.39 is 107 Å². The van der Waals surface area contributed by atoms with Gasteiger partial charge in [-0.15, -0.1) is 0 Å². The predicted molar refractivity (Wildman–Crippen MR) is 203 cm³/mol. The maximum atomic E-state index is 14.8. The molecule has 2 aliphatic heterocycles. The molecular formula is C42H65K3O16. The fraction of sp³-hybridized carbons (Fsp3) is 0.857. The van der Waals surface area contributed by atoms with Crippen LogP contribution in [0.25, 0.3) is 0 Å². The number of ketones is 1. The molecule has 0 bridgehead atoms. The molecule has 332 valence electrons. The summed E-state index contributed by atoms with van der Waals surface area (Å²) < 4.78 is 23.4. The number of carbonyl (C=O) groups excluding carboxylic acids is 1. The Morgan fingerprint density at radius 2 is 1.25 bits per heavy atom. The predicted octanol–water partition coefficient (Wildman–Crippen LogP) is -6.40. The zero-order valence-electron chi connectivity index (χ0n) is 40.4. The van der Waals surface area contributed by atoms with E-state index in [4.69, 9.17) is 18.9 Å². The van der Waals surface area contributed by atoms with Crippen molar-refractivity contribution in [2.75, 3.05) is 0 Å². The molecule has 19 heteroatoms. The second kappa shape index (κ2) is 19.6. The van der Waals surface area contributed by atoms with Crippen molar-refractivity contribution in [3.05, 3.63) is 11.6 Å². The van der Waals surface area contributed by atoms with Gasteiger partial charge in [0.15, 0.2) is 30.6 Å². The third-order valence-corrected chi connectivity index (χ3v) is 17.2. The number of aliphatic hydroxyl groups excluding tert-OH is 5. The number of carbonyl (C=O) groups is 4. The second-order valence-electron chi connectivity index (χ2n) is 20.6. The van der Waals surface area contributed by atoms with Gasteiger partial charge in [0, 0.05) is 5.92 Å². The maximum absolute atomic E-state index is 14.8. The maximum Gasteiger partial charge on any atom is 1.00 e. The zero-order chi connectivity index (χ0) is 42.9. The Bertz CT molecular complexity index is 1770. The number of hydrogen-bond acceptors (Lipinski definition) is 13. The molecule has 0 aromatic rings. The van der Waals surface area contributed by atoms with Crippen LogP contribution in [0.3, 0.4) is 0 Å². The number of aliphatic carboxylic acids is 3. The van der Waals surface area contributed by atoms with Crippen LogP contribution in [-0.2, 0) is 38.1 Å². The van der Waals surface area contributed by atoms with E-state index in [9.17, 15) is 60.0 Å². The summed E-state index contributed by atoms with van der Waals surface area (Å²) >= 11 is 0. The average molecular weight is 943 g/mol. The number of rotatable bonds is 7. The van der Waals surface area contributed by atoms with Crippen LogP contribution in [0.4, 0.5) is 0 Å². The molecule has 0 amide bonds. The molecule has 4 saturated carbocycles. The number of carboxylic acids is 3. The summed E-state index contributed by atoms with van der Waals surface area (Å²) in [6.45, 7) is 14.8. The second-order valence-corrected chi connectivity index (χ2v) is 20.6. The molecule has 61 heavy (non-hydrogen) atoms. The largest absolute Gasteiger partial charge is 1.00 e. The zero-order valence-corrected chi connectivity index (χ0v) is 46.7. The molecule has 2 saturated heterocycles. The van der Waals surface area contributed by atoms with Gasteiger partial charge in [-0.3, -0.25) is 9.59 Å². The molecule has 7 aliphatic rings. The molecule has 0 unspecified atom stereocenters. The van der Waals surface area contributed by atoms with Gasteiger partial charge in [0.1, 0.15) is 36.6 Å². The monoisotopic (exact) mass is 942 g/mol. The smallest absolute Gasteiger partial charge is 1.00 e. The number of allylic oxidation sites excluding steroid dienone is 2. The SMILES string of the molecule is CC1(C)[C@@H](O[C@H]2O[C@H](C(=O)O)[C@@H](O)[C@H](O)[C@H]2O[C@@H]2O[C@H](C(=O)O)[C@@H](O)[C@H](O)[C@H]2O)CC[C@]2(C)[C@H]3C(=O)C=C4[C@@H]5C[C@@](C)(C(=O)O)CC[C@]5(C)CC[C@@]4(C)[C@]3(C)CC[C@@H]12.[H-].[H-].[H-].[K+].[K+].[K+]. The Balaban J connectivity index is 0.00000341. The summed E-state index contributed by atoms with van der Waals surface area (Å²) in [7, 11) is 0. The van der Waals surface area contributed by atoms with E-state index in [1.165, 1.54) is 0 Å². The summed E-state index contributed by atoms with van der Waals surface area (Å²) in [6, 6.07) is 0. The first-order chi connectivity index (χ1) is 26.8. The number of aliphatic hydroxyl groups is 5. The minimum Gasteiger partial charge on any atom is -1.00 e. The van der Waals surface area contributed by atoms with Crippen LogP contribution in [0.2, 0.25) is 0 Å². The average Bonchev–Trinajstić information content (AvgIpc) is 3.13. The Kier molecular flexibility index (Phi) is 18.0. The third kappa shape index (κ3) is 9.06. The normalized spacial score (nSPS) is 50.0. The topological polar surface area (TPSA) is 267 Å². The molecule has 0 spiro atoms. The number of hydrogen-bond donors (Lipinski definition) is 8.